The van der Waals surface area contributed by atoms with Crippen molar-refractivity contribution in [3.63, 3.8) is 0 Å². The van der Waals surface area contributed by atoms with Crippen molar-refractivity contribution >= 4 is 40.5 Å². The molecule has 0 amide bonds. The van der Waals surface area contributed by atoms with E-state index in [1.165, 1.54) is 16.8 Å². The first-order valence-corrected chi connectivity index (χ1v) is 12.5. The Morgan fingerprint density at radius 2 is 1.51 bits per heavy atom. The number of ketones is 1. The van der Waals surface area contributed by atoms with Gasteiger partial charge in [0.05, 0.1) is 16.8 Å². The number of hydrogen-bond donors (Lipinski definition) is 0. The van der Waals surface area contributed by atoms with Gasteiger partial charge in [0, 0.05) is 55.1 Å². The van der Waals surface area contributed by atoms with Crippen molar-refractivity contribution in [1.29, 1.82) is 0 Å². The number of pyridine rings is 1. The molecular formula is C30H30ClN3O3. The number of rotatable bonds is 4. The van der Waals surface area contributed by atoms with Crippen molar-refractivity contribution in [1.82, 2.24) is 4.98 Å². The van der Waals surface area contributed by atoms with Crippen LogP contribution >= 0.6 is 12.4 Å². The van der Waals surface area contributed by atoms with Crippen LogP contribution in [0, 0.1) is 13.8 Å². The number of nitrogens with zero attached hydrogens (tertiary/aromatic N) is 3. The van der Waals surface area contributed by atoms with Crippen molar-refractivity contribution in [3.8, 4) is 11.5 Å². The maximum atomic E-state index is 13.7. The van der Waals surface area contributed by atoms with Crippen LogP contribution in [0.1, 0.15) is 27.0 Å². The lowest BCUT2D eigenvalue weighted by Gasteiger charge is -2.39. The molecular weight excluding hydrogens is 486 g/mol. The van der Waals surface area contributed by atoms with Gasteiger partial charge in [0.25, 0.3) is 0 Å². The van der Waals surface area contributed by atoms with E-state index in [2.05, 4.69) is 46.8 Å². The molecule has 2 aliphatic rings. The number of aryl methyl sites for hydroxylation is 1. The van der Waals surface area contributed by atoms with Crippen LogP contribution in [-0.4, -0.2) is 50.2 Å². The standard InChI is InChI=1S/C30H29N3O3.ClH/c1-20-7-6-10-26(21(20)2)32-11-13-33(14-12-32)29-23-17-27-28(36-16-15-35-27)18-25(23)31-19-24(29)30(34)22-8-4-3-5-9-22;/h3-10,17-19H,11-16H2,1-2H3;1H. The van der Waals surface area contributed by atoms with Gasteiger partial charge in [-0.05, 0) is 37.1 Å². The molecule has 1 saturated heterocycles. The quantitative estimate of drug-likeness (QED) is 0.330. The highest BCUT2D eigenvalue weighted by atomic mass is 35.5. The molecule has 0 radical (unpaired) electrons. The van der Waals surface area contributed by atoms with Gasteiger partial charge in [-0.25, -0.2) is 0 Å². The molecule has 3 aromatic carbocycles. The van der Waals surface area contributed by atoms with Crippen molar-refractivity contribution in [2.75, 3.05) is 49.2 Å². The summed E-state index contributed by atoms with van der Waals surface area (Å²) in [5.41, 5.74) is 6.91. The Kier molecular flexibility index (Phi) is 6.94. The number of piperazine rings is 1. The highest BCUT2D eigenvalue weighted by molar-refractivity contribution is 6.16. The second-order valence-electron chi connectivity index (χ2n) is 9.42. The monoisotopic (exact) mass is 515 g/mol. The highest BCUT2D eigenvalue weighted by Gasteiger charge is 2.27. The zero-order valence-electron chi connectivity index (χ0n) is 21.1. The highest BCUT2D eigenvalue weighted by Crippen LogP contribution is 2.40. The Morgan fingerprint density at radius 3 is 2.24 bits per heavy atom. The van der Waals surface area contributed by atoms with Gasteiger partial charge in [-0.2, -0.15) is 0 Å². The summed E-state index contributed by atoms with van der Waals surface area (Å²) < 4.78 is 11.7. The van der Waals surface area contributed by atoms with E-state index in [-0.39, 0.29) is 18.2 Å². The molecule has 37 heavy (non-hydrogen) atoms. The van der Waals surface area contributed by atoms with Crippen LogP contribution in [-0.2, 0) is 0 Å². The molecule has 0 unspecified atom stereocenters. The van der Waals surface area contributed by atoms with Crippen LogP contribution in [0.15, 0.2) is 66.9 Å². The summed E-state index contributed by atoms with van der Waals surface area (Å²) in [7, 11) is 0. The van der Waals surface area contributed by atoms with Crippen molar-refractivity contribution < 1.29 is 14.3 Å². The third-order valence-electron chi connectivity index (χ3n) is 7.30. The van der Waals surface area contributed by atoms with Gasteiger partial charge < -0.3 is 19.3 Å². The third kappa shape index (κ3) is 4.58. The Balaban J connectivity index is 0.00000280. The van der Waals surface area contributed by atoms with Crippen LogP contribution in [0.25, 0.3) is 10.9 Å². The molecule has 0 bridgehead atoms. The fourth-order valence-corrected chi connectivity index (χ4v) is 5.22. The van der Waals surface area contributed by atoms with Gasteiger partial charge in [-0.1, -0.05) is 42.5 Å². The zero-order valence-corrected chi connectivity index (χ0v) is 21.9. The number of anilines is 2. The van der Waals surface area contributed by atoms with Gasteiger partial charge in [0.2, 0.25) is 0 Å². The van der Waals surface area contributed by atoms with Gasteiger partial charge in [0.1, 0.15) is 13.2 Å². The Bertz CT molecular complexity index is 1450. The second kappa shape index (κ2) is 10.3. The molecule has 0 saturated carbocycles. The summed E-state index contributed by atoms with van der Waals surface area (Å²) in [6.07, 6.45) is 1.72. The van der Waals surface area contributed by atoms with Gasteiger partial charge in [-0.15, -0.1) is 12.4 Å². The minimum absolute atomic E-state index is 0. The summed E-state index contributed by atoms with van der Waals surface area (Å²) in [6.45, 7) is 8.73. The number of benzene rings is 3. The van der Waals surface area contributed by atoms with Crippen LogP contribution in [0.4, 0.5) is 11.4 Å². The fraction of sp³-hybridized carbons (Fsp3) is 0.267. The average molecular weight is 516 g/mol. The van der Waals surface area contributed by atoms with Crippen molar-refractivity contribution in [3.05, 3.63) is 89.1 Å². The molecule has 190 valence electrons. The largest absolute Gasteiger partial charge is 0.486 e. The van der Waals surface area contributed by atoms with E-state index in [1.54, 1.807) is 6.20 Å². The molecule has 1 aromatic heterocycles. The Morgan fingerprint density at radius 1 is 0.838 bits per heavy atom. The number of aromatic nitrogens is 1. The summed E-state index contributed by atoms with van der Waals surface area (Å²) in [5.74, 6) is 1.39. The predicted molar refractivity (Wildman–Crippen MR) is 150 cm³/mol. The van der Waals surface area contributed by atoms with Crippen LogP contribution in [0.2, 0.25) is 0 Å². The van der Waals surface area contributed by atoms with Gasteiger partial charge in [0.15, 0.2) is 17.3 Å². The van der Waals surface area contributed by atoms with E-state index in [4.69, 9.17) is 9.47 Å². The number of ether oxygens (including phenoxy) is 2. The molecule has 0 N–H and O–H groups in total. The summed E-state index contributed by atoms with van der Waals surface area (Å²) in [5, 5.41) is 0.918. The second-order valence-corrected chi connectivity index (χ2v) is 9.42. The summed E-state index contributed by atoms with van der Waals surface area (Å²) in [6, 6.07) is 19.8. The Hall–Kier alpha value is -3.77. The van der Waals surface area contributed by atoms with E-state index in [0.717, 1.165) is 42.8 Å². The zero-order chi connectivity index (χ0) is 24.6. The van der Waals surface area contributed by atoms with E-state index in [0.29, 0.717) is 35.8 Å². The normalized spacial score (nSPS) is 14.9. The summed E-state index contributed by atoms with van der Waals surface area (Å²) in [4.78, 5) is 23.1. The lowest BCUT2D eigenvalue weighted by molar-refractivity contribution is 0.103. The van der Waals surface area contributed by atoms with Gasteiger partial charge >= 0.3 is 0 Å². The number of carbonyl (C=O) groups excluding carboxylic acids is 1. The number of hydrogen-bond acceptors (Lipinski definition) is 6. The van der Waals surface area contributed by atoms with Crippen LogP contribution in [0.3, 0.4) is 0 Å². The third-order valence-corrected chi connectivity index (χ3v) is 7.30. The maximum absolute atomic E-state index is 13.7. The van der Waals surface area contributed by atoms with Crippen molar-refractivity contribution in [2.24, 2.45) is 0 Å². The lowest BCUT2D eigenvalue weighted by Crippen LogP contribution is -2.47. The first kappa shape index (κ1) is 24.9. The molecule has 0 spiro atoms. The average Bonchev–Trinajstić information content (AvgIpc) is 2.93. The Labute approximate surface area is 223 Å². The van der Waals surface area contributed by atoms with Crippen molar-refractivity contribution in [2.45, 2.75) is 13.8 Å². The minimum atomic E-state index is -0.0214. The maximum Gasteiger partial charge on any atom is 0.196 e. The molecule has 0 atom stereocenters. The molecule has 6 nitrogen and oxygen atoms in total. The number of halogens is 1. The number of fused-ring (bicyclic) bond motifs is 2. The van der Waals surface area contributed by atoms with Gasteiger partial charge in [-0.3, -0.25) is 9.78 Å². The molecule has 7 heteroatoms. The molecule has 3 heterocycles. The minimum Gasteiger partial charge on any atom is -0.486 e. The SMILES string of the molecule is Cc1cccc(N2CCN(c3c(C(=O)c4ccccc4)cnc4cc5c(cc34)OCCO5)CC2)c1C.Cl. The van der Waals surface area contributed by atoms with E-state index < -0.39 is 0 Å². The molecule has 2 aliphatic heterocycles. The fourth-order valence-electron chi connectivity index (χ4n) is 5.22. The van der Waals surface area contributed by atoms with E-state index in [9.17, 15) is 4.79 Å². The first-order valence-electron chi connectivity index (χ1n) is 12.5. The predicted octanol–water partition coefficient (Wildman–Crippen LogP) is 5.60. The topological polar surface area (TPSA) is 54.9 Å². The molecule has 4 aromatic rings. The molecule has 1 fully saturated rings. The molecule has 0 aliphatic carbocycles. The molecule has 6 rings (SSSR count). The van der Waals surface area contributed by atoms with Crippen LogP contribution in [0.5, 0.6) is 11.5 Å². The number of carbonyl (C=O) groups is 1. The first-order chi connectivity index (χ1) is 17.6. The van der Waals surface area contributed by atoms with E-state index in [1.807, 2.05) is 42.5 Å². The van der Waals surface area contributed by atoms with Crippen LogP contribution < -0.4 is 19.3 Å². The smallest absolute Gasteiger partial charge is 0.196 e. The van der Waals surface area contributed by atoms with E-state index >= 15 is 0 Å². The summed E-state index contributed by atoms with van der Waals surface area (Å²) >= 11 is 0. The lowest BCUT2D eigenvalue weighted by atomic mass is 9.99.